The minimum Gasteiger partial charge on any atom is -0.325 e. The molecular weight excluding hydrogens is 450 g/mol. The molecule has 6 aromatic rings. The van der Waals surface area contributed by atoms with Crippen LogP contribution in [0.25, 0.3) is 37.8 Å². The summed E-state index contributed by atoms with van der Waals surface area (Å²) in [4.78, 5) is 18.2. The molecule has 0 spiro atoms. The van der Waals surface area contributed by atoms with E-state index in [0.29, 0.717) is 5.16 Å². The van der Waals surface area contributed by atoms with Crippen LogP contribution in [-0.2, 0) is 4.79 Å². The average Bonchev–Trinajstić information content (AvgIpc) is 3.47. The van der Waals surface area contributed by atoms with Gasteiger partial charge in [-0.1, -0.05) is 78.5 Å². The van der Waals surface area contributed by atoms with Gasteiger partial charge in [-0.3, -0.25) is 9.20 Å². The predicted octanol–water partition coefficient (Wildman–Crippen LogP) is 5.89. The van der Waals surface area contributed by atoms with Gasteiger partial charge in [-0.2, -0.15) is 0 Å². The summed E-state index contributed by atoms with van der Waals surface area (Å²) in [6.07, 6.45) is 1.73. The van der Waals surface area contributed by atoms with Gasteiger partial charge in [0.15, 0.2) is 10.8 Å². The van der Waals surface area contributed by atoms with Crippen molar-refractivity contribution in [1.82, 2.24) is 19.6 Å². The Balaban J connectivity index is 1.27. The number of benzene rings is 3. The van der Waals surface area contributed by atoms with Crippen molar-refractivity contribution in [2.45, 2.75) is 5.16 Å². The Morgan fingerprint density at radius 2 is 1.79 bits per heavy atom. The lowest BCUT2D eigenvalue weighted by molar-refractivity contribution is -0.113. The second-order valence-corrected chi connectivity index (χ2v) is 9.28. The minimum absolute atomic E-state index is 0.0948. The molecule has 1 N–H and O–H groups in total. The van der Waals surface area contributed by atoms with Crippen LogP contribution >= 0.6 is 23.1 Å². The van der Waals surface area contributed by atoms with Gasteiger partial charge in [-0.25, -0.2) is 4.98 Å². The van der Waals surface area contributed by atoms with Crippen molar-refractivity contribution in [3.8, 4) is 11.1 Å². The number of anilines is 1. The van der Waals surface area contributed by atoms with Gasteiger partial charge in [0.05, 0.1) is 11.1 Å². The summed E-state index contributed by atoms with van der Waals surface area (Å²) in [5, 5.41) is 17.6. The second-order valence-electron chi connectivity index (χ2n) is 7.48. The molecule has 0 radical (unpaired) electrons. The van der Waals surface area contributed by atoms with E-state index in [0.717, 1.165) is 43.5 Å². The minimum atomic E-state index is -0.0948. The molecule has 8 heteroatoms. The number of thiophene rings is 1. The van der Waals surface area contributed by atoms with Crippen LogP contribution in [0, 0.1) is 0 Å². The Labute approximate surface area is 197 Å². The molecule has 3 aromatic heterocycles. The van der Waals surface area contributed by atoms with Crippen molar-refractivity contribution in [3.63, 3.8) is 0 Å². The number of hydrogen-bond acceptors (Lipinski definition) is 6. The van der Waals surface area contributed by atoms with Crippen LogP contribution in [0.3, 0.4) is 0 Å². The lowest BCUT2D eigenvalue weighted by Crippen LogP contribution is -2.14. The maximum absolute atomic E-state index is 12.7. The standard InChI is InChI=1S/C25H17N5OS2/c31-21(27-20-12-6-10-16-9-4-5-11-18(16)20)14-33-25-29-28-23-22-19(17-7-2-1-3-8-17)13-32-24(22)26-15-30(23)25/h1-13,15H,14H2,(H,27,31). The van der Waals surface area contributed by atoms with Crippen molar-refractivity contribution in [2.75, 3.05) is 11.1 Å². The van der Waals surface area contributed by atoms with Crippen molar-refractivity contribution in [2.24, 2.45) is 0 Å². The number of carbonyl (C=O) groups excluding carboxylic acids is 1. The third kappa shape index (κ3) is 3.63. The molecule has 33 heavy (non-hydrogen) atoms. The molecular formula is C25H17N5OS2. The van der Waals surface area contributed by atoms with Crippen molar-refractivity contribution < 1.29 is 4.79 Å². The molecule has 0 aliphatic heterocycles. The van der Waals surface area contributed by atoms with E-state index in [1.54, 1.807) is 17.7 Å². The largest absolute Gasteiger partial charge is 0.325 e. The number of thioether (sulfide) groups is 1. The molecule has 0 bridgehead atoms. The molecule has 1 amide bonds. The molecule has 160 valence electrons. The van der Waals surface area contributed by atoms with Crippen molar-refractivity contribution >= 4 is 61.3 Å². The summed E-state index contributed by atoms with van der Waals surface area (Å²) in [6, 6.07) is 24.1. The molecule has 0 saturated heterocycles. The fourth-order valence-corrected chi connectivity index (χ4v) is 5.51. The zero-order valence-corrected chi connectivity index (χ0v) is 18.9. The zero-order chi connectivity index (χ0) is 22.2. The van der Waals surface area contributed by atoms with Gasteiger partial charge in [-0.15, -0.1) is 21.5 Å². The Hall–Kier alpha value is -3.75. The van der Waals surface area contributed by atoms with E-state index in [1.807, 2.05) is 65.1 Å². The van der Waals surface area contributed by atoms with Crippen LogP contribution in [0.1, 0.15) is 0 Å². The lowest BCUT2D eigenvalue weighted by atomic mass is 10.1. The molecule has 0 fully saturated rings. The van der Waals surface area contributed by atoms with E-state index < -0.39 is 0 Å². The van der Waals surface area contributed by atoms with Gasteiger partial charge in [0.2, 0.25) is 5.91 Å². The van der Waals surface area contributed by atoms with Gasteiger partial charge in [0.1, 0.15) is 11.2 Å². The van der Waals surface area contributed by atoms with Crippen LogP contribution in [0.4, 0.5) is 5.69 Å². The number of carbonyl (C=O) groups is 1. The van der Waals surface area contributed by atoms with Gasteiger partial charge < -0.3 is 5.32 Å². The van der Waals surface area contributed by atoms with E-state index >= 15 is 0 Å². The number of fused-ring (bicyclic) bond motifs is 4. The molecule has 0 atom stereocenters. The monoisotopic (exact) mass is 467 g/mol. The Bertz CT molecular complexity index is 1620. The maximum Gasteiger partial charge on any atom is 0.234 e. The summed E-state index contributed by atoms with van der Waals surface area (Å²) in [5.74, 6) is 0.125. The van der Waals surface area contributed by atoms with Crippen LogP contribution in [0.5, 0.6) is 0 Å². The maximum atomic E-state index is 12.7. The average molecular weight is 468 g/mol. The molecule has 0 unspecified atom stereocenters. The number of nitrogens with zero attached hydrogens (tertiary/aromatic N) is 4. The van der Waals surface area contributed by atoms with Crippen molar-refractivity contribution in [1.29, 1.82) is 0 Å². The van der Waals surface area contributed by atoms with E-state index in [2.05, 4.69) is 38.0 Å². The fraction of sp³-hybridized carbons (Fsp3) is 0.0400. The Morgan fingerprint density at radius 3 is 2.70 bits per heavy atom. The number of amides is 1. The summed E-state index contributed by atoms with van der Waals surface area (Å²) in [6.45, 7) is 0. The van der Waals surface area contributed by atoms with E-state index in [1.165, 1.54) is 11.8 Å². The quantitative estimate of drug-likeness (QED) is 0.320. The third-order valence-electron chi connectivity index (χ3n) is 5.43. The van der Waals surface area contributed by atoms with E-state index in [9.17, 15) is 4.79 Å². The van der Waals surface area contributed by atoms with Crippen LogP contribution < -0.4 is 5.32 Å². The number of nitrogens with one attached hydrogen (secondary N) is 1. The first-order valence-corrected chi connectivity index (χ1v) is 12.2. The summed E-state index contributed by atoms with van der Waals surface area (Å²) in [5.41, 5.74) is 3.76. The van der Waals surface area contributed by atoms with Crippen LogP contribution in [0.2, 0.25) is 0 Å². The Kier molecular flexibility index (Phi) is 5.01. The normalized spacial score (nSPS) is 11.4. The van der Waals surface area contributed by atoms with Crippen molar-refractivity contribution in [3.05, 3.63) is 84.5 Å². The molecule has 0 aliphatic carbocycles. The van der Waals surface area contributed by atoms with Gasteiger partial charge in [0.25, 0.3) is 0 Å². The van der Waals surface area contributed by atoms with Gasteiger partial charge >= 0.3 is 0 Å². The highest BCUT2D eigenvalue weighted by molar-refractivity contribution is 7.99. The highest BCUT2D eigenvalue weighted by Crippen LogP contribution is 2.35. The molecule has 3 heterocycles. The number of rotatable bonds is 5. The summed E-state index contributed by atoms with van der Waals surface area (Å²) < 4.78 is 1.86. The summed E-state index contributed by atoms with van der Waals surface area (Å²) in [7, 11) is 0. The molecule has 3 aromatic carbocycles. The number of hydrogen-bond donors (Lipinski definition) is 1. The van der Waals surface area contributed by atoms with Gasteiger partial charge in [0, 0.05) is 22.0 Å². The van der Waals surface area contributed by atoms with Gasteiger partial charge in [-0.05, 0) is 17.0 Å². The highest BCUT2D eigenvalue weighted by atomic mass is 32.2. The first kappa shape index (κ1) is 19.9. The lowest BCUT2D eigenvalue weighted by Gasteiger charge is -2.08. The highest BCUT2D eigenvalue weighted by Gasteiger charge is 2.17. The van der Waals surface area contributed by atoms with Crippen LogP contribution in [-0.4, -0.2) is 31.2 Å². The SMILES string of the molecule is O=C(CSc1nnc2c3c(-c4ccccc4)csc3ncn12)Nc1cccc2ccccc12. The predicted molar refractivity (Wildman–Crippen MR) is 135 cm³/mol. The molecule has 6 nitrogen and oxygen atoms in total. The third-order valence-corrected chi connectivity index (χ3v) is 7.26. The fourth-order valence-electron chi connectivity index (χ4n) is 3.90. The second kappa shape index (κ2) is 8.31. The zero-order valence-electron chi connectivity index (χ0n) is 17.3. The van der Waals surface area contributed by atoms with E-state index in [-0.39, 0.29) is 11.7 Å². The topological polar surface area (TPSA) is 72.2 Å². The summed E-state index contributed by atoms with van der Waals surface area (Å²) >= 11 is 2.93. The molecule has 6 rings (SSSR count). The molecule has 0 saturated carbocycles. The first-order valence-electron chi connectivity index (χ1n) is 10.3. The van der Waals surface area contributed by atoms with E-state index in [4.69, 9.17) is 0 Å². The Morgan fingerprint density at radius 1 is 0.970 bits per heavy atom. The van der Waals surface area contributed by atoms with Crippen LogP contribution in [0.15, 0.2) is 89.7 Å². The number of aromatic nitrogens is 4. The smallest absolute Gasteiger partial charge is 0.234 e. The molecule has 0 aliphatic rings. The first-order chi connectivity index (χ1) is 16.3.